The molecular weight excluding hydrogens is 116 g/mol. The lowest BCUT2D eigenvalue weighted by Crippen LogP contribution is -2.11. The number of hydrogen-bond acceptors (Lipinski definition) is 5. The van der Waals surface area contributed by atoms with Crippen molar-refractivity contribution < 1.29 is 24.7 Å². The molecule has 0 aliphatic carbocycles. The smallest absolute Gasteiger partial charge is 0.304 e. The minimum absolute atomic E-state index is 0.466. The van der Waals surface area contributed by atoms with E-state index in [0.29, 0.717) is 13.2 Å². The van der Waals surface area contributed by atoms with E-state index < -0.39 is 6.48 Å². The molecule has 0 aromatic carbocycles. The summed E-state index contributed by atoms with van der Waals surface area (Å²) in [5.74, 6) is 0. The molecule has 1 aliphatic rings. The van der Waals surface area contributed by atoms with Gasteiger partial charge in [0.25, 0.3) is 0 Å². The minimum atomic E-state index is -0.861. The Kier molecular flexibility index (Phi) is 2.19. The maximum atomic E-state index is 7.64. The zero-order valence-electron chi connectivity index (χ0n) is 4.07. The maximum Gasteiger partial charge on any atom is 0.304 e. The molecule has 0 saturated carbocycles. The molecule has 8 heavy (non-hydrogen) atoms. The topological polar surface area (TPSA) is 57.2 Å². The summed E-state index contributed by atoms with van der Waals surface area (Å²) in [5, 5.41) is 10.9. The highest BCUT2D eigenvalue weighted by Gasteiger charge is 2.16. The zero-order valence-corrected chi connectivity index (χ0v) is 4.07. The highest BCUT2D eigenvalue weighted by Crippen LogP contribution is 2.03. The van der Waals surface area contributed by atoms with Crippen molar-refractivity contribution in [2.45, 2.75) is 6.48 Å². The fourth-order valence-corrected chi connectivity index (χ4v) is 0.427. The lowest BCUT2D eigenvalue weighted by molar-refractivity contribution is -0.551. The van der Waals surface area contributed by atoms with Gasteiger partial charge in [-0.25, -0.2) is 5.26 Å². The molecule has 1 fully saturated rings. The Bertz CT molecular complexity index is 58.7. The fraction of sp³-hybridized carbons (Fsp3) is 1.00. The first-order valence-corrected chi connectivity index (χ1v) is 2.13. The van der Waals surface area contributed by atoms with E-state index in [1.54, 1.807) is 0 Å². The van der Waals surface area contributed by atoms with Gasteiger partial charge in [-0.05, 0) is 0 Å². The average Bonchev–Trinajstić information content (AvgIpc) is 2.19. The van der Waals surface area contributed by atoms with Gasteiger partial charge in [0, 0.05) is 0 Å². The van der Waals surface area contributed by atoms with E-state index in [-0.39, 0.29) is 0 Å². The predicted molar refractivity (Wildman–Crippen MR) is 20.5 cm³/mol. The fourth-order valence-electron chi connectivity index (χ4n) is 0.427. The molecule has 0 aromatic heterocycles. The van der Waals surface area contributed by atoms with Crippen LogP contribution in [0.1, 0.15) is 0 Å². The normalized spacial score (nSPS) is 22.1. The van der Waals surface area contributed by atoms with Gasteiger partial charge in [-0.3, -0.25) is 0 Å². The second-order valence-electron chi connectivity index (χ2n) is 1.20. The van der Waals surface area contributed by atoms with Gasteiger partial charge < -0.3 is 9.47 Å². The largest absolute Gasteiger partial charge is 0.326 e. The first kappa shape index (κ1) is 5.93. The summed E-state index contributed by atoms with van der Waals surface area (Å²) in [6.45, 7) is 0.0715. The molecule has 1 aliphatic heterocycles. The summed E-state index contributed by atoms with van der Waals surface area (Å²) in [6.07, 6.45) is 0. The Morgan fingerprint density at radius 2 is 2.00 bits per heavy atom. The molecule has 0 spiro atoms. The van der Waals surface area contributed by atoms with Crippen LogP contribution in [0, 0.1) is 0 Å². The van der Waals surface area contributed by atoms with Gasteiger partial charge >= 0.3 is 6.48 Å². The van der Waals surface area contributed by atoms with Gasteiger partial charge in [0.1, 0.15) is 0 Å². The molecule has 0 radical (unpaired) electrons. The van der Waals surface area contributed by atoms with Crippen LogP contribution in [-0.2, 0) is 19.4 Å². The maximum absolute atomic E-state index is 7.64. The molecular formula is C3H6O5. The second kappa shape index (κ2) is 2.95. The molecule has 5 nitrogen and oxygen atoms in total. The van der Waals surface area contributed by atoms with Crippen LogP contribution >= 0.6 is 0 Å². The first-order chi connectivity index (χ1) is 3.93. The van der Waals surface area contributed by atoms with Crippen molar-refractivity contribution in [3.8, 4) is 0 Å². The summed E-state index contributed by atoms with van der Waals surface area (Å²) >= 11 is 0. The number of hydrogen-bond donors (Lipinski definition) is 1. The monoisotopic (exact) mass is 122 g/mol. The summed E-state index contributed by atoms with van der Waals surface area (Å²) in [7, 11) is 0. The van der Waals surface area contributed by atoms with Crippen molar-refractivity contribution >= 4 is 0 Å². The van der Waals surface area contributed by atoms with E-state index in [4.69, 9.17) is 5.26 Å². The van der Waals surface area contributed by atoms with Crippen LogP contribution in [0.25, 0.3) is 0 Å². The Morgan fingerprint density at radius 1 is 1.38 bits per heavy atom. The Balaban J connectivity index is 2.06. The third-order valence-corrected chi connectivity index (χ3v) is 0.713. The van der Waals surface area contributed by atoms with Crippen molar-refractivity contribution in [2.75, 3.05) is 13.2 Å². The molecule has 0 unspecified atom stereocenters. The zero-order chi connectivity index (χ0) is 5.82. The second-order valence-corrected chi connectivity index (χ2v) is 1.20. The van der Waals surface area contributed by atoms with E-state index in [1.807, 2.05) is 0 Å². The van der Waals surface area contributed by atoms with Crippen molar-refractivity contribution in [3.05, 3.63) is 0 Å². The molecule has 1 saturated heterocycles. The molecule has 1 rings (SSSR count). The van der Waals surface area contributed by atoms with E-state index in [9.17, 15) is 0 Å². The molecule has 1 heterocycles. The SMILES string of the molecule is OOOC1OCCO1. The van der Waals surface area contributed by atoms with Gasteiger partial charge in [-0.1, -0.05) is 5.04 Å². The van der Waals surface area contributed by atoms with Crippen LogP contribution < -0.4 is 0 Å². The van der Waals surface area contributed by atoms with E-state index in [0.717, 1.165) is 0 Å². The third kappa shape index (κ3) is 1.39. The highest BCUT2D eigenvalue weighted by molar-refractivity contribution is 4.35. The Labute approximate surface area is 45.6 Å². The molecule has 0 bridgehead atoms. The molecule has 1 N–H and O–H groups in total. The van der Waals surface area contributed by atoms with Gasteiger partial charge in [-0.2, -0.15) is 0 Å². The molecule has 48 valence electrons. The van der Waals surface area contributed by atoms with E-state index in [1.165, 1.54) is 0 Å². The van der Waals surface area contributed by atoms with E-state index in [2.05, 4.69) is 19.4 Å². The average molecular weight is 122 g/mol. The highest BCUT2D eigenvalue weighted by atomic mass is 17.5. The summed E-state index contributed by atoms with van der Waals surface area (Å²) in [6, 6.07) is 0. The van der Waals surface area contributed by atoms with Crippen LogP contribution in [0.4, 0.5) is 0 Å². The summed E-state index contributed by atoms with van der Waals surface area (Å²) in [4.78, 5) is 4.01. The third-order valence-electron chi connectivity index (χ3n) is 0.713. The van der Waals surface area contributed by atoms with Crippen LogP contribution in [-0.4, -0.2) is 24.9 Å². The summed E-state index contributed by atoms with van der Waals surface area (Å²) in [5.41, 5.74) is 0. The Hall–Kier alpha value is -0.200. The predicted octanol–water partition coefficient (Wildman–Crippen LogP) is -0.262. The molecule has 0 amide bonds. The van der Waals surface area contributed by atoms with Crippen molar-refractivity contribution in [2.24, 2.45) is 0 Å². The van der Waals surface area contributed by atoms with Crippen molar-refractivity contribution in [3.63, 3.8) is 0 Å². The van der Waals surface area contributed by atoms with Crippen LogP contribution in [0.15, 0.2) is 0 Å². The molecule has 0 aromatic rings. The quantitative estimate of drug-likeness (QED) is 0.404. The van der Waals surface area contributed by atoms with Crippen LogP contribution in [0.2, 0.25) is 0 Å². The van der Waals surface area contributed by atoms with Crippen LogP contribution in [0.5, 0.6) is 0 Å². The van der Waals surface area contributed by atoms with Crippen molar-refractivity contribution in [1.29, 1.82) is 0 Å². The molecule has 5 heteroatoms. The minimum Gasteiger partial charge on any atom is -0.326 e. The van der Waals surface area contributed by atoms with Gasteiger partial charge in [0.15, 0.2) is 0 Å². The van der Waals surface area contributed by atoms with Gasteiger partial charge in [0.05, 0.1) is 13.2 Å². The standard InChI is InChI=1S/C3H6O5/c4-8-7-3-5-1-2-6-3/h3-4H,1-2H2. The van der Waals surface area contributed by atoms with E-state index >= 15 is 0 Å². The first-order valence-electron chi connectivity index (χ1n) is 2.13. The van der Waals surface area contributed by atoms with Crippen LogP contribution in [0.3, 0.4) is 0 Å². The summed E-state index contributed by atoms with van der Waals surface area (Å²) < 4.78 is 9.33. The number of rotatable bonds is 2. The molecule has 0 atom stereocenters. The van der Waals surface area contributed by atoms with Crippen molar-refractivity contribution in [1.82, 2.24) is 0 Å². The lowest BCUT2D eigenvalue weighted by atomic mass is 10.8. The lowest BCUT2D eigenvalue weighted by Gasteiger charge is -2.02. The van der Waals surface area contributed by atoms with Gasteiger partial charge in [0.2, 0.25) is 0 Å². The van der Waals surface area contributed by atoms with Gasteiger partial charge in [-0.15, -0.1) is 4.89 Å². The number of ether oxygens (including phenoxy) is 2. The Morgan fingerprint density at radius 3 is 2.50 bits per heavy atom.